The zero-order valence-electron chi connectivity index (χ0n) is 15.2. The second kappa shape index (κ2) is 6.79. The van der Waals surface area contributed by atoms with Gasteiger partial charge in [-0.1, -0.05) is 6.92 Å². The molecular weight excluding hydrogens is 382 g/mol. The van der Waals surface area contributed by atoms with Crippen molar-refractivity contribution in [2.24, 2.45) is 5.92 Å². The van der Waals surface area contributed by atoms with E-state index in [0.717, 1.165) is 11.5 Å². The van der Waals surface area contributed by atoms with Gasteiger partial charge in [-0.3, -0.25) is 14.2 Å². The highest BCUT2D eigenvalue weighted by molar-refractivity contribution is 7.08. The van der Waals surface area contributed by atoms with E-state index < -0.39 is 11.4 Å². The number of aryl methyl sites for hydroxylation is 1. The topological polar surface area (TPSA) is 118 Å². The van der Waals surface area contributed by atoms with Gasteiger partial charge >= 0.3 is 5.97 Å². The first-order chi connectivity index (χ1) is 13.4. The van der Waals surface area contributed by atoms with E-state index in [4.69, 9.17) is 0 Å². The number of fused-ring (bicyclic) bond motifs is 1. The Hall–Kier alpha value is -3.14. The lowest BCUT2D eigenvalue weighted by Crippen LogP contribution is -2.50. The molecule has 0 aliphatic carbocycles. The van der Waals surface area contributed by atoms with Crippen LogP contribution in [0.4, 0.5) is 5.82 Å². The molecule has 4 heterocycles. The van der Waals surface area contributed by atoms with E-state index >= 15 is 0 Å². The number of anilines is 1. The monoisotopic (exact) mass is 399 g/mol. The number of carboxylic acids is 1. The van der Waals surface area contributed by atoms with Gasteiger partial charge in [-0.05, 0) is 18.6 Å². The lowest BCUT2D eigenvalue weighted by Gasteiger charge is -2.39. The summed E-state index contributed by atoms with van der Waals surface area (Å²) in [6.07, 6.45) is 3.11. The van der Waals surface area contributed by atoms with Crippen LogP contribution >= 0.6 is 11.5 Å². The van der Waals surface area contributed by atoms with Gasteiger partial charge in [0.1, 0.15) is 23.5 Å². The molecule has 4 rings (SSSR count). The average molecular weight is 399 g/mol. The maximum absolute atomic E-state index is 12.7. The van der Waals surface area contributed by atoms with E-state index in [-0.39, 0.29) is 22.7 Å². The molecule has 1 saturated heterocycles. The Morgan fingerprint density at radius 3 is 2.71 bits per heavy atom. The summed E-state index contributed by atoms with van der Waals surface area (Å²) in [5.41, 5.74) is 0.0176. The van der Waals surface area contributed by atoms with Crippen molar-refractivity contribution in [3.8, 4) is 5.13 Å². The van der Waals surface area contributed by atoms with Gasteiger partial charge in [0.2, 0.25) is 10.6 Å². The van der Waals surface area contributed by atoms with Crippen LogP contribution in [-0.4, -0.2) is 48.9 Å². The first-order valence-corrected chi connectivity index (χ1v) is 9.53. The molecule has 0 amide bonds. The molecule has 144 valence electrons. The molecule has 3 aromatic rings. The molecule has 0 unspecified atom stereocenters. The summed E-state index contributed by atoms with van der Waals surface area (Å²) in [6.45, 7) is 4.77. The Morgan fingerprint density at radius 1 is 1.36 bits per heavy atom. The number of aromatic nitrogens is 4. The highest BCUT2D eigenvalue weighted by Gasteiger charge is 2.33. The van der Waals surface area contributed by atoms with Gasteiger partial charge in [-0.25, -0.2) is 14.8 Å². The standard InChI is InChI=1S/C18H17N5O4S/c1-3-12(24)10-5-22(6-10)13-4-9(2)14-15(25)11(17(26)27)7-23(16(14)21-13)18-19-8-20-28-18/h4,7-8,10H,3,5-6H2,1-2H3,(H,26,27). The molecule has 28 heavy (non-hydrogen) atoms. The number of rotatable bonds is 5. The fourth-order valence-electron chi connectivity index (χ4n) is 3.37. The summed E-state index contributed by atoms with van der Waals surface area (Å²) < 4.78 is 5.45. The molecule has 0 spiro atoms. The number of carbonyl (C=O) groups is 2. The second-order valence-electron chi connectivity index (χ2n) is 6.69. The lowest BCUT2D eigenvalue weighted by molar-refractivity contribution is -0.123. The number of hydrogen-bond donors (Lipinski definition) is 1. The predicted octanol–water partition coefficient (Wildman–Crippen LogP) is 1.66. The number of carbonyl (C=O) groups excluding carboxylic acids is 1. The summed E-state index contributed by atoms with van der Waals surface area (Å²) in [6, 6.07) is 1.76. The normalized spacial score (nSPS) is 14.3. The molecule has 0 bridgehead atoms. The first kappa shape index (κ1) is 18.2. The molecule has 0 aromatic carbocycles. The van der Waals surface area contributed by atoms with Crippen LogP contribution in [0.3, 0.4) is 0 Å². The molecule has 1 aliphatic rings. The van der Waals surface area contributed by atoms with Crippen LogP contribution < -0.4 is 10.3 Å². The number of Topliss-reactive ketones (excluding diaryl/α,β-unsaturated/α-hetero) is 1. The Balaban J connectivity index is 1.88. The van der Waals surface area contributed by atoms with Crippen molar-refractivity contribution in [1.29, 1.82) is 0 Å². The third-order valence-electron chi connectivity index (χ3n) is 4.94. The Morgan fingerprint density at radius 2 is 2.11 bits per heavy atom. The largest absolute Gasteiger partial charge is 0.477 e. The van der Waals surface area contributed by atoms with E-state index in [2.05, 4.69) is 14.3 Å². The summed E-state index contributed by atoms with van der Waals surface area (Å²) in [5, 5.41) is 10.1. The van der Waals surface area contributed by atoms with Crippen LogP contribution in [0.5, 0.6) is 0 Å². The van der Waals surface area contributed by atoms with E-state index in [1.54, 1.807) is 13.0 Å². The first-order valence-electron chi connectivity index (χ1n) is 8.75. The van der Waals surface area contributed by atoms with Crippen molar-refractivity contribution in [2.45, 2.75) is 20.3 Å². The quantitative estimate of drug-likeness (QED) is 0.688. The molecule has 1 N–H and O–H groups in total. The predicted molar refractivity (Wildman–Crippen MR) is 104 cm³/mol. The third kappa shape index (κ3) is 2.85. The summed E-state index contributed by atoms with van der Waals surface area (Å²) in [7, 11) is 0. The van der Waals surface area contributed by atoms with Crippen LogP contribution in [0.1, 0.15) is 29.3 Å². The zero-order valence-corrected chi connectivity index (χ0v) is 16.1. The van der Waals surface area contributed by atoms with Gasteiger partial charge in [0, 0.05) is 37.2 Å². The van der Waals surface area contributed by atoms with Gasteiger partial charge in [0.15, 0.2) is 5.65 Å². The van der Waals surface area contributed by atoms with Gasteiger partial charge in [-0.2, -0.15) is 4.37 Å². The molecule has 0 atom stereocenters. The molecule has 3 aromatic heterocycles. The fourth-order valence-corrected chi connectivity index (χ4v) is 3.88. The van der Waals surface area contributed by atoms with Crippen LogP contribution in [0.15, 0.2) is 23.4 Å². The molecule has 10 heteroatoms. The number of nitrogens with zero attached hydrogens (tertiary/aromatic N) is 5. The van der Waals surface area contributed by atoms with E-state index in [1.807, 2.05) is 11.8 Å². The molecular formula is C18H17N5O4S. The van der Waals surface area contributed by atoms with Crippen LogP contribution in [0, 0.1) is 12.8 Å². The summed E-state index contributed by atoms with van der Waals surface area (Å²) >= 11 is 1.07. The van der Waals surface area contributed by atoms with E-state index in [9.17, 15) is 19.5 Å². The highest BCUT2D eigenvalue weighted by atomic mass is 32.1. The molecule has 0 radical (unpaired) electrons. The number of aromatic carboxylic acids is 1. The van der Waals surface area contributed by atoms with Crippen LogP contribution in [0.2, 0.25) is 0 Å². The number of ketones is 1. The highest BCUT2D eigenvalue weighted by Crippen LogP contribution is 2.28. The Bertz CT molecular complexity index is 1150. The van der Waals surface area contributed by atoms with Crippen molar-refractivity contribution >= 4 is 40.1 Å². The zero-order chi connectivity index (χ0) is 20.0. The van der Waals surface area contributed by atoms with Gasteiger partial charge in [-0.15, -0.1) is 0 Å². The minimum absolute atomic E-state index is 0.00236. The van der Waals surface area contributed by atoms with Gasteiger partial charge in [0.05, 0.1) is 11.3 Å². The smallest absolute Gasteiger partial charge is 0.341 e. The average Bonchev–Trinajstić information content (AvgIpc) is 3.14. The summed E-state index contributed by atoms with van der Waals surface area (Å²) in [4.78, 5) is 46.9. The van der Waals surface area contributed by atoms with E-state index in [1.165, 1.54) is 17.1 Å². The Kier molecular flexibility index (Phi) is 4.42. The van der Waals surface area contributed by atoms with Crippen LogP contribution in [0.25, 0.3) is 16.2 Å². The molecule has 1 aliphatic heterocycles. The maximum atomic E-state index is 12.7. The SMILES string of the molecule is CCC(=O)C1CN(c2cc(C)c3c(=O)c(C(=O)O)cn(-c4ncns4)c3n2)C1. The number of carboxylic acid groups (broad SMARTS) is 1. The fraction of sp³-hybridized carbons (Fsp3) is 0.333. The van der Waals surface area contributed by atoms with Crippen molar-refractivity contribution in [3.05, 3.63) is 39.9 Å². The third-order valence-corrected chi connectivity index (χ3v) is 5.60. The molecule has 0 saturated carbocycles. The van der Waals surface area contributed by atoms with E-state index in [0.29, 0.717) is 41.7 Å². The molecule has 1 fully saturated rings. The summed E-state index contributed by atoms with van der Waals surface area (Å²) in [5.74, 6) is -0.434. The van der Waals surface area contributed by atoms with Gasteiger partial charge in [0.25, 0.3) is 0 Å². The number of pyridine rings is 2. The van der Waals surface area contributed by atoms with Crippen LogP contribution in [-0.2, 0) is 4.79 Å². The second-order valence-corrected chi connectivity index (χ2v) is 7.45. The minimum Gasteiger partial charge on any atom is -0.477 e. The van der Waals surface area contributed by atoms with Crippen molar-refractivity contribution < 1.29 is 14.7 Å². The van der Waals surface area contributed by atoms with Crippen molar-refractivity contribution in [3.63, 3.8) is 0 Å². The lowest BCUT2D eigenvalue weighted by atomic mass is 9.93. The minimum atomic E-state index is -1.31. The van der Waals surface area contributed by atoms with Crippen molar-refractivity contribution in [1.82, 2.24) is 18.9 Å². The number of hydrogen-bond acceptors (Lipinski definition) is 8. The van der Waals surface area contributed by atoms with Crippen molar-refractivity contribution in [2.75, 3.05) is 18.0 Å². The molecule has 9 nitrogen and oxygen atoms in total. The maximum Gasteiger partial charge on any atom is 0.341 e. The van der Waals surface area contributed by atoms with Gasteiger partial charge < -0.3 is 10.0 Å². The Labute approximate surface area is 163 Å².